The summed E-state index contributed by atoms with van der Waals surface area (Å²) in [6.07, 6.45) is 0. The van der Waals surface area contributed by atoms with Crippen molar-refractivity contribution >= 4 is 23.2 Å². The number of methoxy groups -OCH3 is 1. The predicted molar refractivity (Wildman–Crippen MR) is 84.5 cm³/mol. The van der Waals surface area contributed by atoms with E-state index < -0.39 is 5.91 Å². The molecule has 2 rings (SSSR count). The smallest absolute Gasteiger partial charge is 0.250 e. The normalized spacial score (nSPS) is 10.4. The summed E-state index contributed by atoms with van der Waals surface area (Å²) in [6.45, 7) is 1.18. The van der Waals surface area contributed by atoms with Crippen molar-refractivity contribution in [2.75, 3.05) is 12.4 Å². The molecule has 0 aromatic heterocycles. The van der Waals surface area contributed by atoms with Crippen LogP contribution in [0.1, 0.15) is 21.5 Å². The lowest BCUT2D eigenvalue weighted by molar-refractivity contribution is 0.100. The molecule has 0 fully saturated rings. The van der Waals surface area contributed by atoms with Gasteiger partial charge in [0.15, 0.2) is 0 Å². The van der Waals surface area contributed by atoms with Gasteiger partial charge in [-0.3, -0.25) is 4.79 Å². The van der Waals surface area contributed by atoms with E-state index in [1.807, 2.05) is 30.3 Å². The van der Waals surface area contributed by atoms with Crippen LogP contribution in [0.3, 0.4) is 0 Å². The molecule has 0 aliphatic heterocycles. The lowest BCUT2D eigenvalue weighted by Crippen LogP contribution is -2.12. The average molecular weight is 305 g/mol. The van der Waals surface area contributed by atoms with E-state index >= 15 is 0 Å². The van der Waals surface area contributed by atoms with Gasteiger partial charge in [0.1, 0.15) is 0 Å². The van der Waals surface area contributed by atoms with Crippen LogP contribution in [-0.4, -0.2) is 13.0 Å². The van der Waals surface area contributed by atoms with Crippen molar-refractivity contribution < 1.29 is 9.53 Å². The lowest BCUT2D eigenvalue weighted by atomic mass is 10.1. The molecule has 0 saturated heterocycles. The number of rotatable bonds is 6. The fourth-order valence-corrected chi connectivity index (χ4v) is 2.26. The summed E-state index contributed by atoms with van der Waals surface area (Å²) in [7, 11) is 1.67. The van der Waals surface area contributed by atoms with E-state index in [-0.39, 0.29) is 0 Å². The monoisotopic (exact) mass is 304 g/mol. The third kappa shape index (κ3) is 3.97. The van der Waals surface area contributed by atoms with Crippen molar-refractivity contribution in [2.24, 2.45) is 5.73 Å². The van der Waals surface area contributed by atoms with E-state index in [9.17, 15) is 4.79 Å². The predicted octanol–water partition coefficient (Wildman–Crippen LogP) is 3.20. The van der Waals surface area contributed by atoms with Crippen molar-refractivity contribution in [3.63, 3.8) is 0 Å². The van der Waals surface area contributed by atoms with Crippen molar-refractivity contribution in [1.82, 2.24) is 0 Å². The first-order valence-electron chi connectivity index (χ1n) is 6.50. The molecule has 0 bridgehead atoms. The van der Waals surface area contributed by atoms with E-state index in [1.54, 1.807) is 19.2 Å². The van der Waals surface area contributed by atoms with Gasteiger partial charge in [0.05, 0.1) is 17.2 Å². The summed E-state index contributed by atoms with van der Waals surface area (Å²) in [5, 5.41) is 3.61. The molecular weight excluding hydrogens is 288 g/mol. The zero-order chi connectivity index (χ0) is 15.2. The van der Waals surface area contributed by atoms with Gasteiger partial charge in [0.25, 0.3) is 0 Å². The first kappa shape index (κ1) is 15.4. The number of nitrogens with one attached hydrogen (secondary N) is 1. The number of carbonyl (C=O) groups is 1. The highest BCUT2D eigenvalue weighted by molar-refractivity contribution is 6.33. The first-order chi connectivity index (χ1) is 10.1. The minimum absolute atomic E-state index is 0.312. The minimum Gasteiger partial charge on any atom is -0.381 e. The number of benzene rings is 2. The molecule has 2 aromatic carbocycles. The van der Waals surface area contributed by atoms with Gasteiger partial charge in [-0.15, -0.1) is 0 Å². The van der Waals surface area contributed by atoms with Gasteiger partial charge in [0, 0.05) is 19.3 Å². The number of hydrogen-bond donors (Lipinski definition) is 2. The molecule has 0 atom stereocenters. The molecule has 21 heavy (non-hydrogen) atoms. The number of amides is 1. The van der Waals surface area contributed by atoms with Gasteiger partial charge in [-0.25, -0.2) is 0 Å². The Morgan fingerprint density at radius 2 is 1.95 bits per heavy atom. The Morgan fingerprint density at radius 1 is 1.24 bits per heavy atom. The summed E-state index contributed by atoms with van der Waals surface area (Å²) in [4.78, 5) is 11.3. The highest BCUT2D eigenvalue weighted by atomic mass is 35.5. The number of primary amides is 1. The van der Waals surface area contributed by atoms with Gasteiger partial charge in [-0.2, -0.15) is 0 Å². The summed E-state index contributed by atoms with van der Waals surface area (Å²) in [5.74, 6) is -0.538. The van der Waals surface area contributed by atoms with Gasteiger partial charge >= 0.3 is 0 Å². The van der Waals surface area contributed by atoms with Crippen LogP contribution in [0.15, 0.2) is 42.5 Å². The molecule has 0 saturated carbocycles. The number of anilines is 1. The topological polar surface area (TPSA) is 64.3 Å². The second kappa shape index (κ2) is 7.11. The maximum Gasteiger partial charge on any atom is 0.250 e. The average Bonchev–Trinajstić information content (AvgIpc) is 2.47. The second-order valence-electron chi connectivity index (χ2n) is 4.61. The molecule has 2 aromatic rings. The largest absolute Gasteiger partial charge is 0.381 e. The van der Waals surface area contributed by atoms with Crippen LogP contribution in [0.25, 0.3) is 0 Å². The van der Waals surface area contributed by atoms with E-state index in [2.05, 4.69) is 5.32 Å². The third-order valence-electron chi connectivity index (χ3n) is 3.13. The van der Waals surface area contributed by atoms with Gasteiger partial charge < -0.3 is 15.8 Å². The fraction of sp³-hybridized carbons (Fsp3) is 0.188. The highest BCUT2D eigenvalue weighted by Gasteiger charge is 2.08. The molecule has 3 N–H and O–H groups in total. The second-order valence-corrected chi connectivity index (χ2v) is 5.02. The Kier molecular flexibility index (Phi) is 5.20. The maximum atomic E-state index is 11.3. The number of ether oxygens (including phenoxy) is 1. The highest BCUT2D eigenvalue weighted by Crippen LogP contribution is 2.21. The number of carbonyl (C=O) groups excluding carboxylic acids is 1. The van der Waals surface area contributed by atoms with Crippen LogP contribution < -0.4 is 11.1 Å². The molecule has 0 aliphatic carbocycles. The Bertz CT molecular complexity index is 644. The Morgan fingerprint density at radius 3 is 2.62 bits per heavy atom. The zero-order valence-corrected chi connectivity index (χ0v) is 12.5. The molecule has 0 aliphatic rings. The zero-order valence-electron chi connectivity index (χ0n) is 11.7. The number of halogens is 1. The lowest BCUT2D eigenvalue weighted by Gasteiger charge is -2.12. The van der Waals surface area contributed by atoms with Crippen molar-refractivity contribution in [3.8, 4) is 0 Å². The fourth-order valence-electron chi connectivity index (χ4n) is 2.05. The molecule has 4 nitrogen and oxygen atoms in total. The molecule has 0 heterocycles. The van der Waals surface area contributed by atoms with Crippen molar-refractivity contribution in [1.29, 1.82) is 0 Å². The van der Waals surface area contributed by atoms with Crippen LogP contribution in [0.4, 0.5) is 5.69 Å². The van der Waals surface area contributed by atoms with E-state index in [0.717, 1.165) is 16.8 Å². The summed E-state index contributed by atoms with van der Waals surface area (Å²) in [6, 6.07) is 13.1. The van der Waals surface area contributed by atoms with Crippen LogP contribution in [0.5, 0.6) is 0 Å². The van der Waals surface area contributed by atoms with Gasteiger partial charge in [-0.05, 0) is 29.3 Å². The Labute approximate surface area is 128 Å². The van der Waals surface area contributed by atoms with Gasteiger partial charge in [-0.1, -0.05) is 35.9 Å². The Hall–Kier alpha value is -2.04. The minimum atomic E-state index is -0.538. The Balaban J connectivity index is 2.13. The van der Waals surface area contributed by atoms with Crippen molar-refractivity contribution in [3.05, 3.63) is 64.2 Å². The SMILES string of the molecule is COCc1ccccc1CNc1ccc(Cl)c(C(N)=O)c1. The van der Waals surface area contributed by atoms with E-state index in [4.69, 9.17) is 22.1 Å². The van der Waals surface area contributed by atoms with Gasteiger partial charge in [0.2, 0.25) is 5.91 Å². The standard InChI is InChI=1S/C16H17ClN2O2/c1-21-10-12-5-3-2-4-11(12)9-19-13-6-7-15(17)14(8-13)16(18)20/h2-8,19H,9-10H2,1H3,(H2,18,20). The quantitative estimate of drug-likeness (QED) is 0.861. The molecule has 0 radical (unpaired) electrons. The summed E-state index contributed by atoms with van der Waals surface area (Å²) in [5.41, 5.74) is 8.65. The molecular formula is C16H17ClN2O2. The van der Waals surface area contributed by atoms with Crippen LogP contribution in [-0.2, 0) is 17.9 Å². The molecule has 1 amide bonds. The van der Waals surface area contributed by atoms with E-state index in [1.165, 1.54) is 0 Å². The van der Waals surface area contributed by atoms with Crippen LogP contribution in [0.2, 0.25) is 5.02 Å². The summed E-state index contributed by atoms with van der Waals surface area (Å²) >= 11 is 5.93. The van der Waals surface area contributed by atoms with E-state index in [0.29, 0.717) is 23.7 Å². The molecule has 110 valence electrons. The molecule has 0 spiro atoms. The van der Waals surface area contributed by atoms with Crippen LogP contribution in [0, 0.1) is 0 Å². The summed E-state index contributed by atoms with van der Waals surface area (Å²) < 4.78 is 5.18. The van der Waals surface area contributed by atoms with Crippen LogP contribution >= 0.6 is 11.6 Å². The number of nitrogens with two attached hydrogens (primary N) is 1. The first-order valence-corrected chi connectivity index (χ1v) is 6.88. The maximum absolute atomic E-state index is 11.3. The molecule has 0 unspecified atom stereocenters. The van der Waals surface area contributed by atoms with Crippen molar-refractivity contribution in [2.45, 2.75) is 13.2 Å². The third-order valence-corrected chi connectivity index (χ3v) is 3.46. The molecule has 5 heteroatoms. The number of hydrogen-bond acceptors (Lipinski definition) is 3.